The molecule has 2 atom stereocenters. The molecule has 0 aromatic carbocycles. The quantitative estimate of drug-likeness (QED) is 0.662. The van der Waals surface area contributed by atoms with E-state index in [2.05, 4.69) is 10.6 Å². The van der Waals surface area contributed by atoms with E-state index in [9.17, 15) is 9.59 Å². The summed E-state index contributed by atoms with van der Waals surface area (Å²) >= 11 is 0. The van der Waals surface area contributed by atoms with Crippen LogP contribution >= 0.6 is 12.4 Å². The standard InChI is InChI=1S/C11H21N3O2.ClH/c1-13-7-6-10(15)14-9-5-3-2-4-8(9)11(12)16;/h8-9,13H,2-7H2,1H3,(H2,12,16)(H,14,15);1H. The number of nitrogens with one attached hydrogen (secondary N) is 2. The van der Waals surface area contributed by atoms with E-state index in [-0.39, 0.29) is 36.2 Å². The molecule has 1 aliphatic rings. The second-order valence-corrected chi connectivity index (χ2v) is 4.32. The van der Waals surface area contributed by atoms with Crippen LogP contribution in [0.25, 0.3) is 0 Å². The summed E-state index contributed by atoms with van der Waals surface area (Å²) in [6.45, 7) is 0.653. The zero-order valence-electron chi connectivity index (χ0n) is 10.2. The third-order valence-corrected chi connectivity index (χ3v) is 3.08. The van der Waals surface area contributed by atoms with Gasteiger partial charge in [-0.1, -0.05) is 12.8 Å². The van der Waals surface area contributed by atoms with E-state index in [1.165, 1.54) is 0 Å². The van der Waals surface area contributed by atoms with Gasteiger partial charge < -0.3 is 16.4 Å². The Balaban J connectivity index is 0.00000256. The zero-order valence-corrected chi connectivity index (χ0v) is 11.0. The van der Waals surface area contributed by atoms with Gasteiger partial charge in [0.05, 0.1) is 5.92 Å². The second kappa shape index (κ2) is 8.31. The summed E-state index contributed by atoms with van der Waals surface area (Å²) in [5.74, 6) is -0.488. The summed E-state index contributed by atoms with van der Waals surface area (Å²) in [5.41, 5.74) is 5.33. The van der Waals surface area contributed by atoms with E-state index < -0.39 is 0 Å². The van der Waals surface area contributed by atoms with Crippen LogP contribution in [0.1, 0.15) is 32.1 Å². The molecule has 0 radical (unpaired) electrons. The van der Waals surface area contributed by atoms with Crippen molar-refractivity contribution in [3.8, 4) is 0 Å². The first-order valence-corrected chi connectivity index (χ1v) is 5.88. The van der Waals surface area contributed by atoms with Crippen molar-refractivity contribution in [3.05, 3.63) is 0 Å². The third kappa shape index (κ3) is 5.37. The lowest BCUT2D eigenvalue weighted by molar-refractivity contribution is -0.126. The molecule has 6 heteroatoms. The number of hydrogen-bond acceptors (Lipinski definition) is 3. The molecule has 4 N–H and O–H groups in total. The van der Waals surface area contributed by atoms with Crippen LogP contribution in [0.5, 0.6) is 0 Å². The fraction of sp³-hybridized carbons (Fsp3) is 0.818. The van der Waals surface area contributed by atoms with Crippen molar-refractivity contribution in [1.82, 2.24) is 10.6 Å². The summed E-state index contributed by atoms with van der Waals surface area (Å²) in [4.78, 5) is 22.8. The van der Waals surface area contributed by atoms with Crippen molar-refractivity contribution < 1.29 is 9.59 Å². The van der Waals surface area contributed by atoms with Crippen LogP contribution in [0.4, 0.5) is 0 Å². The van der Waals surface area contributed by atoms with Gasteiger partial charge in [0.25, 0.3) is 0 Å². The topological polar surface area (TPSA) is 84.2 Å². The van der Waals surface area contributed by atoms with E-state index in [4.69, 9.17) is 5.73 Å². The molecule has 0 bridgehead atoms. The average Bonchev–Trinajstić information content (AvgIpc) is 2.27. The first kappa shape index (κ1) is 16.2. The van der Waals surface area contributed by atoms with Crippen LogP contribution in [0.2, 0.25) is 0 Å². The summed E-state index contributed by atoms with van der Waals surface area (Å²) < 4.78 is 0. The van der Waals surface area contributed by atoms with Gasteiger partial charge in [-0.15, -0.1) is 12.4 Å². The van der Waals surface area contributed by atoms with Crippen LogP contribution in [-0.2, 0) is 9.59 Å². The Morgan fingerprint density at radius 2 is 1.94 bits per heavy atom. The van der Waals surface area contributed by atoms with E-state index >= 15 is 0 Å². The second-order valence-electron chi connectivity index (χ2n) is 4.32. The maximum absolute atomic E-state index is 11.5. The largest absolute Gasteiger partial charge is 0.369 e. The number of primary amides is 1. The minimum Gasteiger partial charge on any atom is -0.369 e. The molecule has 2 amide bonds. The van der Waals surface area contributed by atoms with Gasteiger partial charge in [-0.2, -0.15) is 0 Å². The zero-order chi connectivity index (χ0) is 12.0. The van der Waals surface area contributed by atoms with Gasteiger partial charge in [-0.05, 0) is 19.9 Å². The molecule has 1 saturated carbocycles. The molecule has 0 spiro atoms. The average molecular weight is 264 g/mol. The van der Waals surface area contributed by atoms with Crippen molar-refractivity contribution in [3.63, 3.8) is 0 Å². The smallest absolute Gasteiger partial charge is 0.222 e. The van der Waals surface area contributed by atoms with E-state index in [0.717, 1.165) is 25.7 Å². The monoisotopic (exact) mass is 263 g/mol. The highest BCUT2D eigenvalue weighted by atomic mass is 35.5. The summed E-state index contributed by atoms with van der Waals surface area (Å²) in [5, 5.41) is 5.82. The molecule has 1 fully saturated rings. The Morgan fingerprint density at radius 3 is 2.53 bits per heavy atom. The van der Waals surface area contributed by atoms with Crippen molar-refractivity contribution in [1.29, 1.82) is 0 Å². The Morgan fingerprint density at radius 1 is 1.29 bits per heavy atom. The number of halogens is 1. The Kier molecular flexibility index (Phi) is 7.91. The van der Waals surface area contributed by atoms with Gasteiger partial charge in [-0.3, -0.25) is 9.59 Å². The number of carbonyl (C=O) groups excluding carboxylic acids is 2. The molecule has 1 rings (SSSR count). The predicted molar refractivity (Wildman–Crippen MR) is 68.9 cm³/mol. The number of carbonyl (C=O) groups is 2. The molecule has 0 aliphatic heterocycles. The molecule has 1 aliphatic carbocycles. The number of amides is 2. The molecule has 2 unspecified atom stereocenters. The Bertz CT molecular complexity index is 261. The summed E-state index contributed by atoms with van der Waals surface area (Å²) in [6.07, 6.45) is 4.18. The fourth-order valence-corrected chi connectivity index (χ4v) is 2.16. The van der Waals surface area contributed by atoms with Gasteiger partial charge in [0, 0.05) is 19.0 Å². The van der Waals surface area contributed by atoms with E-state index in [1.54, 1.807) is 7.05 Å². The van der Waals surface area contributed by atoms with Gasteiger partial charge in [0.1, 0.15) is 0 Å². The maximum atomic E-state index is 11.5. The van der Waals surface area contributed by atoms with Crippen molar-refractivity contribution in [2.75, 3.05) is 13.6 Å². The summed E-state index contributed by atoms with van der Waals surface area (Å²) in [6, 6.07) is -0.0596. The van der Waals surface area contributed by atoms with Crippen molar-refractivity contribution in [2.45, 2.75) is 38.1 Å². The molecular weight excluding hydrogens is 242 g/mol. The van der Waals surface area contributed by atoms with Gasteiger partial charge >= 0.3 is 0 Å². The maximum Gasteiger partial charge on any atom is 0.222 e. The van der Waals surface area contributed by atoms with Crippen LogP contribution in [0.15, 0.2) is 0 Å². The lowest BCUT2D eigenvalue weighted by Gasteiger charge is -2.29. The van der Waals surface area contributed by atoms with E-state index in [0.29, 0.717) is 13.0 Å². The lowest BCUT2D eigenvalue weighted by Crippen LogP contribution is -2.47. The summed E-state index contributed by atoms with van der Waals surface area (Å²) in [7, 11) is 1.81. The minimum atomic E-state index is -0.293. The van der Waals surface area contributed by atoms with Crippen LogP contribution < -0.4 is 16.4 Å². The highest BCUT2D eigenvalue weighted by molar-refractivity contribution is 5.85. The minimum absolute atomic E-state index is 0. The predicted octanol–water partition coefficient (Wildman–Crippen LogP) is 0.178. The Hall–Kier alpha value is -0.810. The normalized spacial score (nSPS) is 23.6. The number of hydrogen-bond donors (Lipinski definition) is 3. The van der Waals surface area contributed by atoms with Gasteiger partial charge in [0.2, 0.25) is 11.8 Å². The van der Waals surface area contributed by atoms with Crippen molar-refractivity contribution in [2.24, 2.45) is 11.7 Å². The lowest BCUT2D eigenvalue weighted by atomic mass is 9.84. The van der Waals surface area contributed by atoms with Crippen LogP contribution in [-0.4, -0.2) is 31.4 Å². The Labute approximate surface area is 108 Å². The highest BCUT2D eigenvalue weighted by Crippen LogP contribution is 2.24. The third-order valence-electron chi connectivity index (χ3n) is 3.08. The van der Waals surface area contributed by atoms with Gasteiger partial charge in [-0.25, -0.2) is 0 Å². The molecule has 0 aromatic rings. The fourth-order valence-electron chi connectivity index (χ4n) is 2.16. The first-order valence-electron chi connectivity index (χ1n) is 5.88. The first-order chi connectivity index (χ1) is 7.65. The molecule has 100 valence electrons. The molecule has 17 heavy (non-hydrogen) atoms. The molecule has 0 saturated heterocycles. The SMILES string of the molecule is CNCCC(=O)NC1CCCCC1C(N)=O.Cl. The highest BCUT2D eigenvalue weighted by Gasteiger charge is 2.30. The van der Waals surface area contributed by atoms with Crippen LogP contribution in [0.3, 0.4) is 0 Å². The van der Waals surface area contributed by atoms with Gasteiger partial charge in [0.15, 0.2) is 0 Å². The van der Waals surface area contributed by atoms with E-state index in [1.807, 2.05) is 0 Å². The molecule has 0 aromatic heterocycles. The number of nitrogens with two attached hydrogens (primary N) is 1. The molecular formula is C11H22ClN3O2. The van der Waals surface area contributed by atoms with Crippen molar-refractivity contribution >= 4 is 24.2 Å². The van der Waals surface area contributed by atoms with Crippen LogP contribution in [0, 0.1) is 5.92 Å². The number of rotatable bonds is 5. The molecule has 5 nitrogen and oxygen atoms in total. The molecule has 0 heterocycles.